The zero-order chi connectivity index (χ0) is 14.3. The van der Waals surface area contributed by atoms with Crippen LogP contribution in [0.15, 0.2) is 24.3 Å². The van der Waals surface area contributed by atoms with Crippen LogP contribution in [0.3, 0.4) is 0 Å². The van der Waals surface area contributed by atoms with Gasteiger partial charge in [0.05, 0.1) is 12.3 Å². The Morgan fingerprint density at radius 1 is 1.32 bits per heavy atom. The van der Waals surface area contributed by atoms with Crippen LogP contribution in [0.4, 0.5) is 4.39 Å². The summed E-state index contributed by atoms with van der Waals surface area (Å²) >= 11 is 0. The summed E-state index contributed by atoms with van der Waals surface area (Å²) in [7, 11) is -3.12. The van der Waals surface area contributed by atoms with Crippen LogP contribution in [0, 0.1) is 5.82 Å². The molecule has 0 atom stereocenters. The molecule has 5 nitrogen and oxygen atoms in total. The molecule has 1 rings (SSSR count). The Balaban J connectivity index is 2.17. The van der Waals surface area contributed by atoms with Crippen molar-refractivity contribution >= 4 is 15.7 Å². The van der Waals surface area contributed by atoms with Crippen molar-refractivity contribution in [2.75, 3.05) is 25.2 Å². The molecular weight excluding hydrogens is 273 g/mol. The molecule has 106 valence electrons. The van der Waals surface area contributed by atoms with Crippen LogP contribution in [0.25, 0.3) is 0 Å². The largest absolute Gasteiger partial charge is 0.492 e. The Morgan fingerprint density at radius 2 is 1.95 bits per heavy atom. The minimum Gasteiger partial charge on any atom is -0.492 e. The summed E-state index contributed by atoms with van der Waals surface area (Å²) in [5.74, 6) is -0.348. The van der Waals surface area contributed by atoms with Gasteiger partial charge in [-0.15, -0.1) is 0 Å². The third-order valence-corrected chi connectivity index (χ3v) is 3.15. The topological polar surface area (TPSA) is 72.5 Å². The van der Waals surface area contributed by atoms with Crippen molar-refractivity contribution in [1.82, 2.24) is 5.32 Å². The van der Waals surface area contributed by atoms with Crippen molar-refractivity contribution in [1.29, 1.82) is 0 Å². The second-order valence-electron chi connectivity index (χ2n) is 4.03. The number of halogens is 1. The lowest BCUT2D eigenvalue weighted by atomic mass is 10.3. The van der Waals surface area contributed by atoms with Gasteiger partial charge < -0.3 is 10.1 Å². The molecule has 0 spiro atoms. The summed E-state index contributed by atoms with van der Waals surface area (Å²) in [4.78, 5) is 11.3. The van der Waals surface area contributed by atoms with Gasteiger partial charge in [0.15, 0.2) is 0 Å². The van der Waals surface area contributed by atoms with E-state index in [9.17, 15) is 17.6 Å². The Hall–Kier alpha value is -1.63. The SMILES string of the molecule is CS(=O)(=O)CCC(=O)NCCOc1ccc(F)cc1. The van der Waals surface area contributed by atoms with Crippen molar-refractivity contribution in [3.05, 3.63) is 30.1 Å². The van der Waals surface area contributed by atoms with E-state index in [1.54, 1.807) is 0 Å². The second kappa shape index (κ2) is 7.08. The predicted octanol–water partition coefficient (Wildman–Crippen LogP) is 0.755. The Kier molecular flexibility index (Phi) is 5.75. The fourth-order valence-corrected chi connectivity index (χ4v) is 1.81. The number of sulfone groups is 1. The van der Waals surface area contributed by atoms with Crippen LogP contribution in [0.2, 0.25) is 0 Å². The number of hydrogen-bond acceptors (Lipinski definition) is 4. The molecule has 0 fully saturated rings. The first-order valence-corrected chi connectivity index (χ1v) is 7.76. The van der Waals surface area contributed by atoms with E-state index in [1.165, 1.54) is 24.3 Å². The number of benzene rings is 1. The van der Waals surface area contributed by atoms with Crippen LogP contribution in [-0.4, -0.2) is 39.5 Å². The fraction of sp³-hybridized carbons (Fsp3) is 0.417. The molecule has 1 amide bonds. The van der Waals surface area contributed by atoms with E-state index in [0.717, 1.165) is 6.26 Å². The molecule has 0 aromatic heterocycles. The number of hydrogen-bond donors (Lipinski definition) is 1. The first kappa shape index (κ1) is 15.4. The maximum Gasteiger partial charge on any atom is 0.221 e. The van der Waals surface area contributed by atoms with Gasteiger partial charge >= 0.3 is 0 Å². The lowest BCUT2D eigenvalue weighted by Crippen LogP contribution is -2.29. The number of carbonyl (C=O) groups is 1. The van der Waals surface area contributed by atoms with E-state index < -0.39 is 9.84 Å². The maximum absolute atomic E-state index is 12.6. The first-order chi connectivity index (χ1) is 8.87. The smallest absolute Gasteiger partial charge is 0.221 e. The summed E-state index contributed by atoms with van der Waals surface area (Å²) in [6.45, 7) is 0.496. The molecule has 0 radical (unpaired) electrons. The number of rotatable bonds is 7. The molecule has 1 aromatic rings. The second-order valence-corrected chi connectivity index (χ2v) is 6.29. The van der Waals surface area contributed by atoms with Gasteiger partial charge in [-0.1, -0.05) is 0 Å². The summed E-state index contributed by atoms with van der Waals surface area (Å²) in [5.41, 5.74) is 0. The number of ether oxygens (including phenoxy) is 1. The van der Waals surface area contributed by atoms with E-state index >= 15 is 0 Å². The monoisotopic (exact) mass is 289 g/mol. The molecule has 0 aliphatic carbocycles. The van der Waals surface area contributed by atoms with E-state index in [0.29, 0.717) is 5.75 Å². The van der Waals surface area contributed by atoms with Gasteiger partial charge in [-0.05, 0) is 24.3 Å². The molecule has 0 aliphatic heterocycles. The van der Waals surface area contributed by atoms with Crippen molar-refractivity contribution in [2.24, 2.45) is 0 Å². The van der Waals surface area contributed by atoms with Gasteiger partial charge in [0, 0.05) is 12.7 Å². The van der Waals surface area contributed by atoms with Gasteiger partial charge in [0.25, 0.3) is 0 Å². The first-order valence-electron chi connectivity index (χ1n) is 5.69. The molecule has 7 heteroatoms. The quantitative estimate of drug-likeness (QED) is 0.752. The molecule has 1 N–H and O–H groups in total. The molecule has 0 aliphatic rings. The van der Waals surface area contributed by atoms with Crippen molar-refractivity contribution in [2.45, 2.75) is 6.42 Å². The van der Waals surface area contributed by atoms with E-state index in [2.05, 4.69) is 5.32 Å². The maximum atomic E-state index is 12.6. The zero-order valence-corrected chi connectivity index (χ0v) is 11.4. The number of carbonyl (C=O) groups excluding carboxylic acids is 1. The standard InChI is InChI=1S/C12H16FNO4S/c1-19(16,17)9-6-12(15)14-7-8-18-11-4-2-10(13)3-5-11/h2-5H,6-9H2,1H3,(H,14,15). The van der Waals surface area contributed by atoms with E-state index in [1.807, 2.05) is 0 Å². The number of nitrogens with one attached hydrogen (secondary N) is 1. The molecule has 1 aromatic carbocycles. The van der Waals surface area contributed by atoms with Crippen LogP contribution in [0.1, 0.15) is 6.42 Å². The third kappa shape index (κ3) is 7.40. The Labute approximate surface area is 111 Å². The molecule has 0 saturated carbocycles. The van der Waals surface area contributed by atoms with Gasteiger partial charge in [-0.2, -0.15) is 0 Å². The van der Waals surface area contributed by atoms with Gasteiger partial charge in [0.2, 0.25) is 5.91 Å². The van der Waals surface area contributed by atoms with Gasteiger partial charge in [-0.25, -0.2) is 12.8 Å². The molecule has 0 saturated heterocycles. The average molecular weight is 289 g/mol. The average Bonchev–Trinajstić information content (AvgIpc) is 2.33. The molecule has 0 unspecified atom stereocenters. The third-order valence-electron chi connectivity index (χ3n) is 2.21. The highest BCUT2D eigenvalue weighted by Crippen LogP contribution is 2.10. The predicted molar refractivity (Wildman–Crippen MR) is 69.2 cm³/mol. The highest BCUT2D eigenvalue weighted by atomic mass is 32.2. The van der Waals surface area contributed by atoms with Gasteiger partial charge in [0.1, 0.15) is 28.0 Å². The molecule has 0 bridgehead atoms. The van der Waals surface area contributed by atoms with E-state index in [4.69, 9.17) is 4.74 Å². The van der Waals surface area contributed by atoms with Crippen LogP contribution < -0.4 is 10.1 Å². The van der Waals surface area contributed by atoms with Crippen molar-refractivity contribution < 1.29 is 22.3 Å². The highest BCUT2D eigenvalue weighted by molar-refractivity contribution is 7.90. The lowest BCUT2D eigenvalue weighted by Gasteiger charge is -2.07. The summed E-state index contributed by atoms with van der Waals surface area (Å²) in [6, 6.07) is 5.53. The molecular formula is C12H16FNO4S. The lowest BCUT2D eigenvalue weighted by molar-refractivity contribution is -0.120. The highest BCUT2D eigenvalue weighted by Gasteiger charge is 2.07. The summed E-state index contributed by atoms with van der Waals surface area (Å²) < 4.78 is 39.5. The van der Waals surface area contributed by atoms with Crippen LogP contribution in [0.5, 0.6) is 5.75 Å². The minimum absolute atomic E-state index is 0.0601. The minimum atomic E-state index is -3.12. The summed E-state index contributed by atoms with van der Waals surface area (Å²) in [5, 5.41) is 2.53. The van der Waals surface area contributed by atoms with Crippen LogP contribution >= 0.6 is 0 Å². The zero-order valence-electron chi connectivity index (χ0n) is 10.6. The fourth-order valence-electron chi connectivity index (χ4n) is 1.26. The summed E-state index contributed by atoms with van der Waals surface area (Å²) in [6.07, 6.45) is 1.02. The number of amides is 1. The van der Waals surface area contributed by atoms with Crippen molar-refractivity contribution in [3.8, 4) is 5.75 Å². The molecule has 19 heavy (non-hydrogen) atoms. The van der Waals surface area contributed by atoms with Crippen LogP contribution in [-0.2, 0) is 14.6 Å². The van der Waals surface area contributed by atoms with Crippen molar-refractivity contribution in [3.63, 3.8) is 0 Å². The normalized spacial score (nSPS) is 11.1. The van der Waals surface area contributed by atoms with E-state index in [-0.39, 0.29) is 37.0 Å². The Morgan fingerprint density at radius 3 is 2.53 bits per heavy atom. The Bertz CT molecular complexity index is 513. The molecule has 0 heterocycles. The van der Waals surface area contributed by atoms with Gasteiger partial charge in [-0.3, -0.25) is 4.79 Å².